The molecule has 0 unspecified atom stereocenters. The van der Waals surface area contributed by atoms with Crippen molar-refractivity contribution in [2.24, 2.45) is 0 Å². The lowest BCUT2D eigenvalue weighted by Crippen LogP contribution is -2.34. The number of pyridine rings is 1. The van der Waals surface area contributed by atoms with Crippen molar-refractivity contribution in [2.75, 3.05) is 13.6 Å². The summed E-state index contributed by atoms with van der Waals surface area (Å²) in [5.74, 6) is 0.116. The highest BCUT2D eigenvalue weighted by Crippen LogP contribution is 2.32. The summed E-state index contributed by atoms with van der Waals surface area (Å²) >= 11 is 0. The molecule has 4 rings (SSSR count). The van der Waals surface area contributed by atoms with Gasteiger partial charge in [-0.3, -0.25) is 9.78 Å². The number of hydrogen-bond donors (Lipinski definition) is 0. The molecule has 0 bridgehead atoms. The van der Waals surface area contributed by atoms with E-state index in [2.05, 4.69) is 47.8 Å². The van der Waals surface area contributed by atoms with Gasteiger partial charge in [0.05, 0.1) is 11.1 Å². The third-order valence-electron chi connectivity index (χ3n) is 4.96. The molecule has 1 aliphatic heterocycles. The molecule has 0 N–H and O–H groups in total. The molecule has 2 aromatic heterocycles. The number of amides is 1. The molecule has 0 fully saturated rings. The van der Waals surface area contributed by atoms with Gasteiger partial charge >= 0.3 is 0 Å². The van der Waals surface area contributed by atoms with Gasteiger partial charge in [-0.05, 0) is 49.2 Å². The molecule has 1 amide bonds. The Bertz CT molecular complexity index is 999. The topological polar surface area (TPSA) is 38.1 Å². The minimum atomic E-state index is 0.116. The molecule has 0 saturated carbocycles. The van der Waals surface area contributed by atoms with Crippen LogP contribution in [0.1, 0.15) is 34.1 Å². The van der Waals surface area contributed by atoms with Crippen molar-refractivity contribution in [2.45, 2.75) is 20.3 Å². The van der Waals surface area contributed by atoms with E-state index in [9.17, 15) is 4.79 Å². The van der Waals surface area contributed by atoms with Crippen LogP contribution in [0.25, 0.3) is 22.7 Å². The molecule has 25 heavy (non-hydrogen) atoms. The minimum absolute atomic E-state index is 0.116. The van der Waals surface area contributed by atoms with Crippen molar-refractivity contribution in [3.05, 3.63) is 65.1 Å². The molecule has 3 aromatic rings. The summed E-state index contributed by atoms with van der Waals surface area (Å²) in [6.45, 7) is 4.92. The number of nitrogens with zero attached hydrogens (tertiary/aromatic N) is 3. The second-order valence-corrected chi connectivity index (χ2v) is 6.74. The van der Waals surface area contributed by atoms with Gasteiger partial charge in [-0.15, -0.1) is 0 Å². The van der Waals surface area contributed by atoms with E-state index in [1.54, 1.807) is 12.4 Å². The van der Waals surface area contributed by atoms with Crippen LogP contribution in [0.15, 0.2) is 42.7 Å². The number of aromatic nitrogens is 2. The molecule has 0 atom stereocenters. The number of benzene rings is 1. The first-order valence-electron chi connectivity index (χ1n) is 8.54. The van der Waals surface area contributed by atoms with Crippen LogP contribution in [0.3, 0.4) is 0 Å². The van der Waals surface area contributed by atoms with E-state index in [-0.39, 0.29) is 5.91 Å². The zero-order valence-corrected chi connectivity index (χ0v) is 14.8. The summed E-state index contributed by atoms with van der Waals surface area (Å²) in [6, 6.07) is 10.4. The van der Waals surface area contributed by atoms with Gasteiger partial charge in [0, 0.05) is 49.7 Å². The second-order valence-electron chi connectivity index (χ2n) is 6.74. The number of rotatable bonds is 2. The van der Waals surface area contributed by atoms with Crippen LogP contribution in [0.2, 0.25) is 0 Å². The average Bonchev–Trinajstić information content (AvgIpc) is 2.92. The van der Waals surface area contributed by atoms with Crippen molar-refractivity contribution in [3.8, 4) is 0 Å². The Balaban J connectivity index is 1.97. The van der Waals surface area contributed by atoms with Gasteiger partial charge < -0.3 is 9.47 Å². The van der Waals surface area contributed by atoms with Crippen LogP contribution in [0.4, 0.5) is 0 Å². The molecule has 4 heteroatoms. The number of aryl methyl sites for hydroxylation is 1. The smallest absolute Gasteiger partial charge is 0.256 e. The third-order valence-corrected chi connectivity index (χ3v) is 4.96. The van der Waals surface area contributed by atoms with Crippen LogP contribution in [-0.4, -0.2) is 34.0 Å². The molecule has 0 radical (unpaired) electrons. The summed E-state index contributed by atoms with van der Waals surface area (Å²) in [7, 11) is 1.88. The Kier molecular flexibility index (Phi) is 3.68. The monoisotopic (exact) mass is 331 g/mol. The first-order valence-corrected chi connectivity index (χ1v) is 8.54. The van der Waals surface area contributed by atoms with Gasteiger partial charge in [-0.1, -0.05) is 11.6 Å². The molecule has 0 saturated heterocycles. The largest absolute Gasteiger partial charge is 0.341 e. The fourth-order valence-corrected chi connectivity index (χ4v) is 3.56. The van der Waals surface area contributed by atoms with Crippen molar-refractivity contribution >= 4 is 28.6 Å². The number of carbonyl (C=O) groups excluding carboxylic acids is 1. The normalized spacial score (nSPS) is 14.9. The van der Waals surface area contributed by atoms with Gasteiger partial charge in [0.2, 0.25) is 0 Å². The van der Waals surface area contributed by atoms with Crippen LogP contribution >= 0.6 is 0 Å². The van der Waals surface area contributed by atoms with Gasteiger partial charge in [-0.2, -0.15) is 0 Å². The zero-order chi connectivity index (χ0) is 17.6. The highest BCUT2D eigenvalue weighted by molar-refractivity contribution is 6.10. The quantitative estimate of drug-likeness (QED) is 0.712. The summed E-state index contributed by atoms with van der Waals surface area (Å²) in [4.78, 5) is 18.7. The zero-order valence-electron chi connectivity index (χ0n) is 14.8. The third kappa shape index (κ3) is 2.54. The molecule has 0 spiro atoms. The number of hydrogen-bond acceptors (Lipinski definition) is 2. The molecule has 3 heterocycles. The van der Waals surface area contributed by atoms with Crippen LogP contribution in [0, 0.1) is 6.92 Å². The van der Waals surface area contributed by atoms with Gasteiger partial charge in [0.25, 0.3) is 5.91 Å². The summed E-state index contributed by atoms with van der Waals surface area (Å²) in [5, 5.41) is 1.05. The molecule has 1 aliphatic rings. The van der Waals surface area contributed by atoms with Crippen molar-refractivity contribution in [1.82, 2.24) is 14.5 Å². The van der Waals surface area contributed by atoms with Crippen molar-refractivity contribution in [1.29, 1.82) is 0 Å². The highest BCUT2D eigenvalue weighted by atomic mass is 16.2. The number of allylic oxidation sites excluding steroid dienone is 1. The van der Waals surface area contributed by atoms with Crippen LogP contribution < -0.4 is 0 Å². The maximum atomic E-state index is 12.8. The highest BCUT2D eigenvalue weighted by Gasteiger charge is 2.28. The van der Waals surface area contributed by atoms with Crippen molar-refractivity contribution < 1.29 is 4.79 Å². The van der Waals surface area contributed by atoms with E-state index in [1.165, 1.54) is 5.56 Å². The molecule has 4 nitrogen and oxygen atoms in total. The molecule has 0 aliphatic carbocycles. The van der Waals surface area contributed by atoms with E-state index in [0.29, 0.717) is 0 Å². The molecule has 126 valence electrons. The van der Waals surface area contributed by atoms with E-state index >= 15 is 0 Å². The lowest BCUT2D eigenvalue weighted by Gasteiger charge is -2.23. The summed E-state index contributed by atoms with van der Waals surface area (Å²) in [6.07, 6.45) is 6.62. The fourth-order valence-electron chi connectivity index (χ4n) is 3.56. The number of fused-ring (bicyclic) bond motifs is 3. The number of carbonyl (C=O) groups is 1. The standard InChI is InChI=1S/C21H21N3O/c1-14-4-5-18-17(12-14)20-19(8-11-23(3)21(20)25)24(18)13-15(2)16-6-9-22-10-7-16/h4-7,9-10,12-13H,8,11H2,1-3H3/b15-13+. The molecular formula is C21H21N3O. The Morgan fingerprint density at radius 1 is 1.20 bits per heavy atom. The lowest BCUT2D eigenvalue weighted by atomic mass is 10.0. The fraction of sp³-hybridized carbons (Fsp3) is 0.238. The van der Waals surface area contributed by atoms with Gasteiger partial charge in [0.15, 0.2) is 0 Å². The van der Waals surface area contributed by atoms with E-state index in [4.69, 9.17) is 0 Å². The summed E-state index contributed by atoms with van der Waals surface area (Å²) in [5.41, 5.74) is 6.50. The lowest BCUT2D eigenvalue weighted by molar-refractivity contribution is 0.0782. The first kappa shape index (κ1) is 15.6. The Morgan fingerprint density at radius 2 is 1.96 bits per heavy atom. The van der Waals surface area contributed by atoms with Crippen LogP contribution in [-0.2, 0) is 6.42 Å². The summed E-state index contributed by atoms with van der Waals surface area (Å²) < 4.78 is 2.20. The second kappa shape index (κ2) is 5.88. The average molecular weight is 331 g/mol. The Hall–Kier alpha value is -2.88. The van der Waals surface area contributed by atoms with E-state index < -0.39 is 0 Å². The molecular weight excluding hydrogens is 310 g/mol. The van der Waals surface area contributed by atoms with Gasteiger partial charge in [-0.25, -0.2) is 0 Å². The predicted octanol–water partition coefficient (Wildman–Crippen LogP) is 3.99. The number of likely N-dealkylation sites (N-methyl/N-ethyl adjacent to an activating group) is 1. The maximum Gasteiger partial charge on any atom is 0.256 e. The van der Waals surface area contributed by atoms with Gasteiger partial charge in [0.1, 0.15) is 0 Å². The molecule has 1 aromatic carbocycles. The Morgan fingerprint density at radius 3 is 2.72 bits per heavy atom. The van der Waals surface area contributed by atoms with E-state index in [1.807, 2.05) is 24.1 Å². The van der Waals surface area contributed by atoms with Crippen molar-refractivity contribution in [3.63, 3.8) is 0 Å². The SMILES string of the molecule is C/C(=C\n1c2c(c3cc(C)ccc31)C(=O)N(C)CC2)c1ccncc1. The van der Waals surface area contributed by atoms with E-state index in [0.717, 1.165) is 46.3 Å². The Labute approximate surface area is 147 Å². The maximum absolute atomic E-state index is 12.8. The predicted molar refractivity (Wildman–Crippen MR) is 101 cm³/mol. The van der Waals surface area contributed by atoms with Crippen LogP contribution in [0.5, 0.6) is 0 Å². The minimum Gasteiger partial charge on any atom is -0.341 e. The first-order chi connectivity index (χ1) is 12.1.